The minimum Gasteiger partial charge on any atom is -0.495 e. The van der Waals surface area contributed by atoms with Crippen molar-refractivity contribution in [3.8, 4) is 17.4 Å². The van der Waals surface area contributed by atoms with Crippen molar-refractivity contribution in [3.63, 3.8) is 0 Å². The van der Waals surface area contributed by atoms with Crippen molar-refractivity contribution in [3.05, 3.63) is 54.7 Å². The second kappa shape index (κ2) is 8.87. The SMILES string of the molecule is COc1cc(Nc2nc(Oc3cccc(N)c3)c3cc[nH]c3n2)ccc1N1CCN(C)CC1. The van der Waals surface area contributed by atoms with E-state index in [1.54, 1.807) is 13.2 Å². The molecule has 5 rings (SSSR count). The zero-order chi connectivity index (χ0) is 22.8. The van der Waals surface area contributed by atoms with Gasteiger partial charge in [0.2, 0.25) is 11.8 Å². The molecular formula is C24H27N7O2. The molecule has 9 heteroatoms. The standard InChI is InChI=1S/C24H27N7O2/c1-30-10-12-31(13-11-30)20-7-6-17(15-21(20)32-2)27-24-28-22-19(8-9-26-22)23(29-24)33-18-5-3-4-16(25)14-18/h3-9,14-15H,10-13,25H2,1-2H3,(H2,26,27,28,29). The molecular weight excluding hydrogens is 418 g/mol. The lowest BCUT2D eigenvalue weighted by Gasteiger charge is -2.34. The highest BCUT2D eigenvalue weighted by Gasteiger charge is 2.18. The molecule has 1 aliphatic rings. The summed E-state index contributed by atoms with van der Waals surface area (Å²) < 4.78 is 11.7. The number of aromatic amines is 1. The average molecular weight is 446 g/mol. The maximum Gasteiger partial charge on any atom is 0.233 e. The zero-order valence-corrected chi connectivity index (χ0v) is 18.7. The van der Waals surface area contributed by atoms with Crippen LogP contribution in [0.15, 0.2) is 54.7 Å². The van der Waals surface area contributed by atoms with E-state index in [0.29, 0.717) is 28.9 Å². The van der Waals surface area contributed by atoms with Gasteiger partial charge in [0.05, 0.1) is 18.2 Å². The fraction of sp³-hybridized carbons (Fsp3) is 0.250. The Bertz CT molecular complexity index is 1260. The summed E-state index contributed by atoms with van der Waals surface area (Å²) in [5, 5.41) is 4.06. The van der Waals surface area contributed by atoms with Crippen LogP contribution in [-0.4, -0.2) is 60.2 Å². The normalized spacial score (nSPS) is 14.4. The van der Waals surface area contributed by atoms with Gasteiger partial charge in [-0.1, -0.05) is 6.07 Å². The highest BCUT2D eigenvalue weighted by Crippen LogP contribution is 2.34. The van der Waals surface area contributed by atoms with E-state index >= 15 is 0 Å². The molecule has 1 aliphatic heterocycles. The Kier molecular flexibility index (Phi) is 5.62. The van der Waals surface area contributed by atoms with Crippen LogP contribution in [-0.2, 0) is 0 Å². The van der Waals surface area contributed by atoms with Crippen LogP contribution in [0.25, 0.3) is 11.0 Å². The van der Waals surface area contributed by atoms with Crippen molar-refractivity contribution >= 4 is 34.0 Å². The van der Waals surface area contributed by atoms with Crippen molar-refractivity contribution in [2.24, 2.45) is 0 Å². The minimum atomic E-state index is 0.415. The first-order valence-electron chi connectivity index (χ1n) is 10.9. The van der Waals surface area contributed by atoms with Crippen LogP contribution >= 0.6 is 0 Å². The predicted octanol–water partition coefficient (Wildman–Crippen LogP) is 3.84. The second-order valence-electron chi connectivity index (χ2n) is 8.07. The third-order valence-electron chi connectivity index (χ3n) is 5.73. The maximum atomic E-state index is 6.03. The summed E-state index contributed by atoms with van der Waals surface area (Å²) in [6, 6.07) is 15.2. The summed E-state index contributed by atoms with van der Waals surface area (Å²) >= 11 is 0. The molecule has 0 saturated carbocycles. The molecule has 1 saturated heterocycles. The lowest BCUT2D eigenvalue weighted by Crippen LogP contribution is -2.44. The number of methoxy groups -OCH3 is 1. The average Bonchev–Trinajstić information content (AvgIpc) is 3.29. The van der Waals surface area contributed by atoms with E-state index in [1.807, 2.05) is 42.6 Å². The summed E-state index contributed by atoms with van der Waals surface area (Å²) in [5.74, 6) is 2.27. The van der Waals surface area contributed by atoms with Crippen LogP contribution in [0.3, 0.4) is 0 Å². The first-order chi connectivity index (χ1) is 16.1. The fourth-order valence-corrected chi connectivity index (χ4v) is 3.93. The lowest BCUT2D eigenvalue weighted by atomic mass is 10.2. The lowest BCUT2D eigenvalue weighted by molar-refractivity contribution is 0.311. The van der Waals surface area contributed by atoms with Gasteiger partial charge in [-0.15, -0.1) is 0 Å². The number of ether oxygens (including phenoxy) is 2. The van der Waals surface area contributed by atoms with Crippen molar-refractivity contribution in [2.45, 2.75) is 0 Å². The van der Waals surface area contributed by atoms with Gasteiger partial charge in [0, 0.05) is 55.9 Å². The number of nitrogens with zero attached hydrogens (tertiary/aromatic N) is 4. The van der Waals surface area contributed by atoms with Gasteiger partial charge >= 0.3 is 0 Å². The zero-order valence-electron chi connectivity index (χ0n) is 18.7. The number of nitrogens with one attached hydrogen (secondary N) is 2. The van der Waals surface area contributed by atoms with E-state index in [0.717, 1.165) is 48.7 Å². The topological polar surface area (TPSA) is 105 Å². The predicted molar refractivity (Wildman–Crippen MR) is 131 cm³/mol. The largest absolute Gasteiger partial charge is 0.495 e. The van der Waals surface area contributed by atoms with Crippen molar-refractivity contribution in [1.82, 2.24) is 19.9 Å². The fourth-order valence-electron chi connectivity index (χ4n) is 3.93. The Morgan fingerprint density at radius 1 is 1.03 bits per heavy atom. The molecule has 1 fully saturated rings. The molecule has 4 N–H and O–H groups in total. The Balaban J connectivity index is 1.42. The number of aromatic nitrogens is 3. The molecule has 0 unspecified atom stereocenters. The van der Waals surface area contributed by atoms with Crippen molar-refractivity contribution in [2.75, 3.05) is 56.3 Å². The molecule has 2 aromatic heterocycles. The van der Waals surface area contributed by atoms with Crippen LogP contribution in [0.1, 0.15) is 0 Å². The smallest absolute Gasteiger partial charge is 0.233 e. The van der Waals surface area contributed by atoms with Gasteiger partial charge in [0.1, 0.15) is 17.1 Å². The Morgan fingerprint density at radius 2 is 1.88 bits per heavy atom. The first-order valence-corrected chi connectivity index (χ1v) is 10.9. The number of H-pyrrole nitrogens is 1. The van der Waals surface area contributed by atoms with Crippen LogP contribution in [0, 0.1) is 0 Å². The van der Waals surface area contributed by atoms with Crippen molar-refractivity contribution in [1.29, 1.82) is 0 Å². The van der Waals surface area contributed by atoms with Crippen LogP contribution in [0.2, 0.25) is 0 Å². The molecule has 4 aromatic rings. The molecule has 170 valence electrons. The molecule has 3 heterocycles. The third kappa shape index (κ3) is 4.49. The van der Waals surface area contributed by atoms with E-state index in [-0.39, 0.29) is 0 Å². The summed E-state index contributed by atoms with van der Waals surface area (Å²) in [5.41, 5.74) is 9.09. The van der Waals surface area contributed by atoms with Gasteiger partial charge in [-0.05, 0) is 37.4 Å². The second-order valence-corrected chi connectivity index (χ2v) is 8.07. The number of fused-ring (bicyclic) bond motifs is 1. The third-order valence-corrected chi connectivity index (χ3v) is 5.73. The molecule has 2 aromatic carbocycles. The molecule has 9 nitrogen and oxygen atoms in total. The highest BCUT2D eigenvalue weighted by molar-refractivity contribution is 5.83. The number of nitrogen functional groups attached to an aromatic ring is 1. The monoisotopic (exact) mass is 445 g/mol. The molecule has 0 radical (unpaired) electrons. The molecule has 0 spiro atoms. The summed E-state index contributed by atoms with van der Waals surface area (Å²) in [7, 11) is 3.84. The number of likely N-dealkylation sites (N-methyl/N-ethyl adjacent to an activating group) is 1. The van der Waals surface area contributed by atoms with Gasteiger partial charge < -0.3 is 35.3 Å². The Morgan fingerprint density at radius 3 is 2.67 bits per heavy atom. The van der Waals surface area contributed by atoms with E-state index in [1.165, 1.54) is 0 Å². The quantitative estimate of drug-likeness (QED) is 0.385. The number of nitrogens with two attached hydrogens (primary N) is 1. The van der Waals surface area contributed by atoms with E-state index in [9.17, 15) is 0 Å². The van der Waals surface area contributed by atoms with Gasteiger partial charge in [-0.25, -0.2) is 0 Å². The molecule has 0 atom stereocenters. The van der Waals surface area contributed by atoms with E-state index < -0.39 is 0 Å². The molecule has 0 bridgehead atoms. The number of anilines is 4. The van der Waals surface area contributed by atoms with Gasteiger partial charge in [-0.2, -0.15) is 9.97 Å². The van der Waals surface area contributed by atoms with Crippen LogP contribution < -0.4 is 25.4 Å². The van der Waals surface area contributed by atoms with E-state index in [2.05, 4.69) is 43.2 Å². The number of hydrogen-bond donors (Lipinski definition) is 3. The Labute approximate surface area is 192 Å². The minimum absolute atomic E-state index is 0.415. The number of piperazine rings is 1. The van der Waals surface area contributed by atoms with Crippen LogP contribution in [0.5, 0.6) is 17.4 Å². The molecule has 0 aliphatic carbocycles. The first kappa shape index (κ1) is 20.9. The van der Waals surface area contributed by atoms with Gasteiger partial charge in [0.15, 0.2) is 0 Å². The van der Waals surface area contributed by atoms with Gasteiger partial charge in [-0.3, -0.25) is 0 Å². The van der Waals surface area contributed by atoms with Gasteiger partial charge in [0.25, 0.3) is 0 Å². The summed E-state index contributed by atoms with van der Waals surface area (Å²) in [4.78, 5) is 17.0. The number of benzene rings is 2. The van der Waals surface area contributed by atoms with E-state index in [4.69, 9.17) is 15.2 Å². The number of hydrogen-bond acceptors (Lipinski definition) is 8. The highest BCUT2D eigenvalue weighted by atomic mass is 16.5. The summed E-state index contributed by atoms with van der Waals surface area (Å²) in [6.07, 6.45) is 1.81. The maximum absolute atomic E-state index is 6.03. The van der Waals surface area contributed by atoms with Crippen molar-refractivity contribution < 1.29 is 9.47 Å². The van der Waals surface area contributed by atoms with Crippen LogP contribution in [0.4, 0.5) is 23.0 Å². The number of rotatable bonds is 6. The molecule has 0 amide bonds. The Hall–Kier alpha value is -3.98. The molecule has 33 heavy (non-hydrogen) atoms. The summed E-state index contributed by atoms with van der Waals surface area (Å²) in [6.45, 7) is 4.00.